The van der Waals surface area contributed by atoms with Gasteiger partial charge in [0.1, 0.15) is 7.11 Å². The van der Waals surface area contributed by atoms with E-state index in [2.05, 4.69) is 22.4 Å². The lowest BCUT2D eigenvalue weighted by Gasteiger charge is -2.50. The number of aromatic hydroxyl groups is 1. The van der Waals surface area contributed by atoms with Crippen LogP contribution in [0.15, 0.2) is 23.5 Å². The van der Waals surface area contributed by atoms with Gasteiger partial charge in [0.2, 0.25) is 5.91 Å². The predicted molar refractivity (Wildman–Crippen MR) is 137 cm³/mol. The molecule has 3 aliphatic carbocycles. The van der Waals surface area contributed by atoms with E-state index in [1.807, 2.05) is 13.0 Å². The average molecular weight is 513 g/mol. The first-order chi connectivity index (χ1) is 17.2. The highest BCUT2D eigenvalue weighted by molar-refractivity contribution is 7.15. The van der Waals surface area contributed by atoms with Gasteiger partial charge >= 0.3 is 5.69 Å². The molecule has 2 aromatic rings. The molecule has 1 amide bonds. The lowest BCUT2D eigenvalue weighted by atomic mass is 9.53. The molecule has 0 aliphatic heterocycles. The van der Waals surface area contributed by atoms with Crippen molar-refractivity contribution in [3.05, 3.63) is 44.4 Å². The summed E-state index contributed by atoms with van der Waals surface area (Å²) in [5.41, 5.74) is 2.49. The Labute approximate surface area is 214 Å². The zero-order valence-corrected chi connectivity index (χ0v) is 21.6. The minimum absolute atomic E-state index is 0.0318. The van der Waals surface area contributed by atoms with Gasteiger partial charge in [-0.3, -0.25) is 14.9 Å². The highest BCUT2D eigenvalue weighted by Crippen LogP contribution is 2.63. The largest absolute Gasteiger partial charge is 0.502 e. The number of fused-ring (bicyclic) bond motifs is 5. The van der Waals surface area contributed by atoms with Gasteiger partial charge in [0.25, 0.3) is 0 Å². The Bertz CT molecular complexity index is 1230. The molecular formula is C26H32N4O5S. The van der Waals surface area contributed by atoms with Crippen LogP contribution in [-0.4, -0.2) is 33.7 Å². The molecule has 0 radical (unpaired) electrons. The van der Waals surface area contributed by atoms with E-state index in [0.29, 0.717) is 35.4 Å². The molecular weight excluding hydrogens is 480 g/mol. The zero-order chi connectivity index (χ0) is 25.6. The number of amides is 1. The van der Waals surface area contributed by atoms with Crippen molar-refractivity contribution >= 4 is 33.8 Å². The maximum atomic E-state index is 12.7. The summed E-state index contributed by atoms with van der Waals surface area (Å²) >= 11 is 1.47. The maximum Gasteiger partial charge on any atom is 0.314 e. The van der Waals surface area contributed by atoms with Crippen molar-refractivity contribution in [3.63, 3.8) is 0 Å². The number of phenolic OH excluding ortho intramolecular Hbond substituents is 1. The van der Waals surface area contributed by atoms with E-state index in [4.69, 9.17) is 4.84 Å². The number of thiazole rings is 1. The van der Waals surface area contributed by atoms with Crippen LogP contribution in [0.25, 0.3) is 0 Å². The van der Waals surface area contributed by atoms with Gasteiger partial charge in [-0.25, -0.2) is 4.98 Å². The Kier molecular flexibility index (Phi) is 6.48. The first-order valence-corrected chi connectivity index (χ1v) is 13.4. The number of oxime groups is 1. The van der Waals surface area contributed by atoms with E-state index in [-0.39, 0.29) is 34.6 Å². The third kappa shape index (κ3) is 4.15. The number of nitro groups is 1. The first-order valence-electron chi connectivity index (χ1n) is 12.5. The van der Waals surface area contributed by atoms with Crippen molar-refractivity contribution in [2.45, 2.75) is 64.7 Å². The summed E-state index contributed by atoms with van der Waals surface area (Å²) in [6.45, 7) is 4.24. The standard InChI is InChI=1S/C26H32N4O5S/c1-14-13-27-25(36-14)28-22(32)9-4-15-12-21(29-35-3)26(2)11-10-17-16-7-8-20(31)24(30(33)34)19(16)6-5-18(17)23(15)26/h7-8,13,15,17-18,23,31H,4-6,9-12H2,1-3H3,(H,27,28,32)/t15-,17?,18?,23?,26-/m1/s1. The maximum absolute atomic E-state index is 12.7. The minimum Gasteiger partial charge on any atom is -0.502 e. The number of hydrogen-bond donors (Lipinski definition) is 2. The number of anilines is 1. The van der Waals surface area contributed by atoms with Crippen molar-refractivity contribution in [2.75, 3.05) is 12.4 Å². The van der Waals surface area contributed by atoms with Gasteiger partial charge in [0, 0.05) is 28.5 Å². The number of carbonyl (C=O) groups excluding carboxylic acids is 1. The van der Waals surface area contributed by atoms with Crippen molar-refractivity contribution in [1.29, 1.82) is 0 Å². The topological polar surface area (TPSA) is 127 Å². The fourth-order valence-electron chi connectivity index (χ4n) is 7.35. The molecule has 0 saturated heterocycles. The number of nitrogens with zero attached hydrogens (tertiary/aromatic N) is 3. The summed E-state index contributed by atoms with van der Waals surface area (Å²) in [5, 5.41) is 29.9. The molecule has 10 heteroatoms. The molecule has 192 valence electrons. The predicted octanol–water partition coefficient (Wildman–Crippen LogP) is 5.57. The number of aromatic nitrogens is 1. The molecule has 3 unspecified atom stereocenters. The van der Waals surface area contributed by atoms with Crippen LogP contribution in [-0.2, 0) is 16.1 Å². The second-order valence-electron chi connectivity index (χ2n) is 10.6. The summed E-state index contributed by atoms with van der Waals surface area (Å²) in [7, 11) is 1.58. The normalized spacial score (nSPS) is 29.8. The Morgan fingerprint density at radius 1 is 1.42 bits per heavy atom. The second kappa shape index (κ2) is 9.46. The number of nitro benzene ring substituents is 1. The summed E-state index contributed by atoms with van der Waals surface area (Å²) in [6.07, 6.45) is 6.91. The summed E-state index contributed by atoms with van der Waals surface area (Å²) in [6, 6.07) is 3.36. The monoisotopic (exact) mass is 512 g/mol. The number of phenols is 1. The minimum atomic E-state index is -0.453. The Morgan fingerprint density at radius 3 is 2.92 bits per heavy atom. The number of aryl methyl sites for hydroxylation is 1. The van der Waals surface area contributed by atoms with Crippen molar-refractivity contribution < 1.29 is 19.7 Å². The highest BCUT2D eigenvalue weighted by Gasteiger charge is 2.58. The lowest BCUT2D eigenvalue weighted by molar-refractivity contribution is -0.386. The van der Waals surface area contributed by atoms with Crippen LogP contribution >= 0.6 is 11.3 Å². The van der Waals surface area contributed by atoms with Gasteiger partial charge in [-0.2, -0.15) is 0 Å². The summed E-state index contributed by atoms with van der Waals surface area (Å²) in [4.78, 5) is 34.5. The molecule has 5 rings (SSSR count). The second-order valence-corrected chi connectivity index (χ2v) is 11.8. The van der Waals surface area contributed by atoms with Gasteiger partial charge in [0.05, 0.1) is 10.6 Å². The van der Waals surface area contributed by atoms with Gasteiger partial charge in [0.15, 0.2) is 10.9 Å². The smallest absolute Gasteiger partial charge is 0.314 e. The van der Waals surface area contributed by atoms with Crippen molar-refractivity contribution in [1.82, 2.24) is 4.98 Å². The molecule has 9 nitrogen and oxygen atoms in total. The van der Waals surface area contributed by atoms with Crippen LogP contribution in [0.5, 0.6) is 5.75 Å². The van der Waals surface area contributed by atoms with Gasteiger partial charge < -0.3 is 15.3 Å². The van der Waals surface area contributed by atoms with Crippen LogP contribution in [0.1, 0.15) is 67.4 Å². The van der Waals surface area contributed by atoms with E-state index in [9.17, 15) is 20.0 Å². The van der Waals surface area contributed by atoms with E-state index in [1.54, 1.807) is 13.3 Å². The molecule has 1 aromatic carbocycles. The number of carbonyl (C=O) groups is 1. The fourth-order valence-corrected chi connectivity index (χ4v) is 8.03. The Morgan fingerprint density at radius 2 is 2.22 bits per heavy atom. The summed E-state index contributed by atoms with van der Waals surface area (Å²) < 4.78 is 0. The van der Waals surface area contributed by atoms with Crippen LogP contribution in [0, 0.1) is 40.2 Å². The molecule has 2 fully saturated rings. The van der Waals surface area contributed by atoms with Crippen LogP contribution in [0.3, 0.4) is 0 Å². The quantitative estimate of drug-likeness (QED) is 0.385. The van der Waals surface area contributed by atoms with E-state index in [1.165, 1.54) is 17.4 Å². The van der Waals surface area contributed by atoms with Crippen molar-refractivity contribution in [3.8, 4) is 5.75 Å². The molecule has 3 aliphatic rings. The van der Waals surface area contributed by atoms with Crippen LogP contribution in [0.4, 0.5) is 10.8 Å². The van der Waals surface area contributed by atoms with Crippen molar-refractivity contribution in [2.24, 2.45) is 28.3 Å². The van der Waals surface area contributed by atoms with Gasteiger partial charge in [-0.1, -0.05) is 18.1 Å². The number of nitrogens with one attached hydrogen (secondary N) is 1. The van der Waals surface area contributed by atoms with Gasteiger partial charge in [-0.05, 0) is 80.8 Å². The highest BCUT2D eigenvalue weighted by atomic mass is 32.1. The number of rotatable bonds is 6. The van der Waals surface area contributed by atoms with Crippen LogP contribution in [0.2, 0.25) is 0 Å². The molecule has 1 heterocycles. The average Bonchev–Trinajstić information content (AvgIpc) is 3.37. The molecule has 2 N–H and O–H groups in total. The molecule has 0 bridgehead atoms. The molecule has 2 saturated carbocycles. The zero-order valence-electron chi connectivity index (χ0n) is 20.8. The molecule has 5 atom stereocenters. The van der Waals surface area contributed by atoms with E-state index in [0.717, 1.165) is 48.3 Å². The molecule has 1 aromatic heterocycles. The van der Waals surface area contributed by atoms with Gasteiger partial charge in [-0.15, -0.1) is 11.3 Å². The lowest BCUT2D eigenvalue weighted by Crippen LogP contribution is -2.44. The fraction of sp³-hybridized carbons (Fsp3) is 0.577. The SMILES string of the molecule is CON=C1C[C@@H](CCC(=O)Nc2ncc(C)s2)C2C3CCc4c(ccc(O)c4[N+](=O)[O-])C3CC[C@]12C. The first kappa shape index (κ1) is 24.7. The van der Waals surface area contributed by atoms with E-state index >= 15 is 0 Å². The summed E-state index contributed by atoms with van der Waals surface area (Å²) in [5.74, 6) is 0.820. The Balaban J connectivity index is 1.41. The van der Waals surface area contributed by atoms with E-state index < -0.39 is 4.92 Å². The van der Waals surface area contributed by atoms with Crippen LogP contribution < -0.4 is 5.32 Å². The Hall–Kier alpha value is -3.01. The third-order valence-electron chi connectivity index (χ3n) is 8.73. The molecule has 36 heavy (non-hydrogen) atoms. The number of benzene rings is 1. The third-order valence-corrected chi connectivity index (χ3v) is 9.56. The molecule has 0 spiro atoms. The number of hydrogen-bond acceptors (Lipinski definition) is 8.